The summed E-state index contributed by atoms with van der Waals surface area (Å²) in [6.07, 6.45) is -17.6. The van der Waals surface area contributed by atoms with Crippen molar-refractivity contribution in [1.82, 2.24) is 5.32 Å². The number of nitrogens with one attached hydrogen (secondary N) is 1. The first-order chi connectivity index (χ1) is 31.1. The molecule has 0 bridgehead atoms. The number of rotatable bonds is 16. The lowest BCUT2D eigenvalue weighted by Crippen LogP contribution is -2.69. The molecule has 2 aliphatic rings. The van der Waals surface area contributed by atoms with Crippen molar-refractivity contribution in [3.63, 3.8) is 0 Å². The molecule has 17 nitrogen and oxygen atoms in total. The zero-order valence-electron chi connectivity index (χ0n) is 34.7. The zero-order chi connectivity index (χ0) is 46.8. The van der Waals surface area contributed by atoms with Crippen LogP contribution in [0.1, 0.15) is 46.0 Å². The quantitative estimate of drug-likeness (QED) is 0.0808. The molecule has 0 spiro atoms. The lowest BCUT2D eigenvalue weighted by Gasteiger charge is -2.48. The predicted molar refractivity (Wildman–Crippen MR) is 229 cm³/mol. The molecule has 6 rings (SSSR count). The van der Waals surface area contributed by atoms with Crippen LogP contribution in [0, 0.1) is 0 Å². The van der Waals surface area contributed by atoms with Gasteiger partial charge in [0, 0.05) is 6.42 Å². The van der Waals surface area contributed by atoms with Gasteiger partial charge in [-0.3, -0.25) is 9.59 Å². The molecule has 0 saturated carbocycles. The van der Waals surface area contributed by atoms with Crippen molar-refractivity contribution in [3.05, 3.63) is 120 Å². The zero-order valence-corrected chi connectivity index (χ0v) is 36.9. The van der Waals surface area contributed by atoms with E-state index >= 15 is 0 Å². The first-order valence-electron chi connectivity index (χ1n) is 20.1. The maximum Gasteiger partial charge on any atom is 0.339 e. The molecular formula is C45H44Cl3NO16. The summed E-state index contributed by atoms with van der Waals surface area (Å²) in [4.78, 5) is 80.0. The molecule has 2 heterocycles. The number of methoxy groups -OCH3 is 1. The summed E-state index contributed by atoms with van der Waals surface area (Å²) in [5.41, 5.74) is 0.595. The number of esters is 4. The summed E-state index contributed by atoms with van der Waals surface area (Å²) in [6.45, 7) is 0.223. The molecule has 10 atom stereocenters. The normalized spacial score (nSPS) is 25.5. The topological polar surface area (TPSA) is 229 Å². The Hall–Kier alpha value is -5.21. The summed E-state index contributed by atoms with van der Waals surface area (Å²) in [6, 6.07) is 26.3. The summed E-state index contributed by atoms with van der Waals surface area (Å²) in [5, 5.41) is 26.5. The molecule has 4 aromatic carbocycles. The van der Waals surface area contributed by atoms with E-state index in [4.69, 9.17) is 72.7 Å². The van der Waals surface area contributed by atoms with Gasteiger partial charge in [0.1, 0.15) is 30.1 Å². The molecule has 4 aromatic rings. The number of halogens is 3. The minimum Gasteiger partial charge on any atom is -0.467 e. The first kappa shape index (κ1) is 49.2. The highest BCUT2D eigenvalue weighted by molar-refractivity contribution is 6.76. The number of alkyl halides is 3. The number of hydrogen-bond acceptors (Lipinski definition) is 16. The van der Waals surface area contributed by atoms with Crippen molar-refractivity contribution in [3.8, 4) is 0 Å². The summed E-state index contributed by atoms with van der Waals surface area (Å²) < 4.78 is 44.7. The molecule has 65 heavy (non-hydrogen) atoms. The Labute approximate surface area is 387 Å². The molecule has 0 aromatic heterocycles. The number of Topliss-reactive ketones (excluding diaryl/α,β-unsaturated/α-hetero) is 1. The molecule has 0 radical (unpaired) electrons. The lowest BCUT2D eigenvalue weighted by atomic mass is 9.94. The van der Waals surface area contributed by atoms with E-state index in [0.717, 1.165) is 17.9 Å². The van der Waals surface area contributed by atoms with Gasteiger partial charge in [-0.05, 0) is 53.6 Å². The highest BCUT2D eigenvalue weighted by Crippen LogP contribution is 2.36. The smallest absolute Gasteiger partial charge is 0.339 e. The molecule has 1 amide bonds. The van der Waals surface area contributed by atoms with Gasteiger partial charge in [-0.1, -0.05) is 108 Å². The number of aliphatic hydroxyl groups is 2. The Morgan fingerprint density at radius 2 is 1.31 bits per heavy atom. The highest BCUT2D eigenvalue weighted by Gasteiger charge is 2.58. The molecule has 2 aliphatic heterocycles. The molecule has 2 saturated heterocycles. The van der Waals surface area contributed by atoms with Crippen LogP contribution in [0.5, 0.6) is 0 Å². The summed E-state index contributed by atoms with van der Waals surface area (Å²) in [5.74, 6) is -5.95. The fourth-order valence-electron chi connectivity index (χ4n) is 7.06. The van der Waals surface area contributed by atoms with Crippen molar-refractivity contribution >= 4 is 81.1 Å². The van der Waals surface area contributed by atoms with E-state index in [1.54, 1.807) is 18.2 Å². The molecule has 346 valence electrons. The SMILES string of the molecule is COC(=O)[C@H]1O[C@@H](O[C@H]2[C@@H](O)[C@@H](CO)O[C@@H](OCc3ccc4ccccc4c3)[C@@H]2NC(=O)C(Cl)(Cl)Cl)[C@H](OC(=O)c2ccccc2)[C@@H](OC(=O)c2ccccc2)[C@@H]1OC(=O)CCC(C)=O. The Morgan fingerprint density at radius 3 is 1.89 bits per heavy atom. The highest BCUT2D eigenvalue weighted by atomic mass is 35.6. The lowest BCUT2D eigenvalue weighted by molar-refractivity contribution is -0.340. The Morgan fingerprint density at radius 1 is 0.708 bits per heavy atom. The number of ether oxygens (including phenoxy) is 8. The first-order valence-corrected chi connectivity index (χ1v) is 21.2. The summed E-state index contributed by atoms with van der Waals surface area (Å²) >= 11 is 18.0. The predicted octanol–water partition coefficient (Wildman–Crippen LogP) is 4.30. The average Bonchev–Trinajstić information content (AvgIpc) is 3.30. The second-order valence-electron chi connectivity index (χ2n) is 14.9. The molecular weight excluding hydrogens is 917 g/mol. The summed E-state index contributed by atoms with van der Waals surface area (Å²) in [7, 11) is 0.983. The van der Waals surface area contributed by atoms with Crippen LogP contribution in [0.2, 0.25) is 0 Å². The van der Waals surface area contributed by atoms with Gasteiger partial charge in [0.2, 0.25) is 0 Å². The molecule has 0 unspecified atom stereocenters. The number of fused-ring (bicyclic) bond motifs is 1. The molecule has 3 N–H and O–H groups in total. The maximum atomic E-state index is 13.9. The Bertz CT molecular complexity index is 2310. The molecule has 20 heteroatoms. The second kappa shape index (κ2) is 22.3. The van der Waals surface area contributed by atoms with E-state index in [0.29, 0.717) is 5.56 Å². The fraction of sp³-hybridized carbons (Fsp3) is 0.378. The number of aliphatic hydroxyl groups excluding tert-OH is 2. The number of ketones is 1. The number of hydrogen-bond donors (Lipinski definition) is 3. The van der Waals surface area contributed by atoms with Crippen LogP contribution in [0.3, 0.4) is 0 Å². The van der Waals surface area contributed by atoms with Crippen LogP contribution in [-0.4, -0.2) is 125 Å². The van der Waals surface area contributed by atoms with Crippen molar-refractivity contribution < 1.29 is 76.9 Å². The van der Waals surface area contributed by atoms with Crippen LogP contribution < -0.4 is 5.32 Å². The van der Waals surface area contributed by atoms with Crippen molar-refractivity contribution in [2.24, 2.45) is 0 Å². The number of carbonyl (C=O) groups excluding carboxylic acids is 6. The van der Waals surface area contributed by atoms with Crippen molar-refractivity contribution in [2.75, 3.05) is 13.7 Å². The Balaban J connectivity index is 1.44. The van der Waals surface area contributed by atoms with Gasteiger partial charge in [0.05, 0.1) is 37.9 Å². The maximum absolute atomic E-state index is 13.9. The van der Waals surface area contributed by atoms with E-state index < -0.39 is 108 Å². The average molecular weight is 961 g/mol. The Kier molecular flexibility index (Phi) is 16.9. The van der Waals surface area contributed by atoms with Crippen molar-refractivity contribution in [1.29, 1.82) is 0 Å². The van der Waals surface area contributed by atoms with Crippen LogP contribution in [0.25, 0.3) is 10.8 Å². The third-order valence-corrected chi connectivity index (χ3v) is 10.8. The number of amides is 1. The van der Waals surface area contributed by atoms with E-state index in [-0.39, 0.29) is 29.9 Å². The van der Waals surface area contributed by atoms with Gasteiger partial charge in [-0.15, -0.1) is 0 Å². The van der Waals surface area contributed by atoms with E-state index in [9.17, 15) is 39.0 Å². The largest absolute Gasteiger partial charge is 0.467 e. The van der Waals surface area contributed by atoms with Gasteiger partial charge >= 0.3 is 23.9 Å². The van der Waals surface area contributed by atoms with Gasteiger partial charge < -0.3 is 58.2 Å². The minimum atomic E-state index is -2.60. The van der Waals surface area contributed by atoms with E-state index in [1.165, 1.54) is 55.5 Å². The fourth-order valence-corrected chi connectivity index (χ4v) is 7.22. The molecule has 2 fully saturated rings. The second-order valence-corrected chi connectivity index (χ2v) is 17.2. The molecule has 0 aliphatic carbocycles. The van der Waals surface area contributed by atoms with Gasteiger partial charge in [-0.2, -0.15) is 0 Å². The van der Waals surface area contributed by atoms with Crippen LogP contribution >= 0.6 is 34.8 Å². The van der Waals surface area contributed by atoms with Gasteiger partial charge in [0.25, 0.3) is 9.70 Å². The number of carbonyl (C=O) groups is 6. The van der Waals surface area contributed by atoms with E-state index in [1.807, 2.05) is 36.4 Å². The standard InChI is InChI=1S/C45H44Cl3NO16/c1-24(51)17-20-31(52)61-35-36(62-39(54)27-12-5-3-6-13-27)38(63-40(55)28-14-7-4-8-15-28)43(65-37(35)41(56)58-2)64-34-32(49-44(57)45(46,47)48)42(60-30(22-50)33(34)53)59-23-25-18-19-26-11-9-10-16-29(26)21-25/h3-16,18-19,21,30,32-38,42-43,50,53H,17,20,22-23H2,1-2H3,(H,49,57)/t30-,32-,33+,34-,35+,36+,37+,38-,42-,43-/m1/s1. The monoisotopic (exact) mass is 959 g/mol. The third kappa shape index (κ3) is 12.6. The van der Waals surface area contributed by atoms with Crippen LogP contribution in [0.4, 0.5) is 0 Å². The minimum absolute atomic E-state index is 0.0209. The van der Waals surface area contributed by atoms with Crippen LogP contribution in [-0.2, 0) is 63.7 Å². The van der Waals surface area contributed by atoms with Gasteiger partial charge in [0.15, 0.2) is 37.0 Å². The number of benzene rings is 4. The third-order valence-electron chi connectivity index (χ3n) is 10.3. The van der Waals surface area contributed by atoms with Gasteiger partial charge in [-0.25, -0.2) is 14.4 Å². The van der Waals surface area contributed by atoms with Crippen molar-refractivity contribution in [2.45, 2.75) is 91.5 Å². The van der Waals surface area contributed by atoms with E-state index in [2.05, 4.69) is 5.32 Å². The van der Waals surface area contributed by atoms with Crippen LogP contribution in [0.15, 0.2) is 103 Å².